The number of rotatable bonds is 3. The summed E-state index contributed by atoms with van der Waals surface area (Å²) < 4.78 is 0. The van der Waals surface area contributed by atoms with Crippen LogP contribution in [0.25, 0.3) is 11.0 Å². The highest BCUT2D eigenvalue weighted by atomic mass is 35.5. The number of hydrogen-bond donors (Lipinski definition) is 2. The Labute approximate surface area is 136 Å². The Balaban J connectivity index is 1.56. The molecule has 0 amide bonds. The number of benzene rings is 1. The third-order valence-corrected chi connectivity index (χ3v) is 4.15. The van der Waals surface area contributed by atoms with Crippen LogP contribution in [0.4, 0.5) is 5.82 Å². The molecule has 0 unspecified atom stereocenters. The molecule has 116 valence electrons. The van der Waals surface area contributed by atoms with Crippen molar-refractivity contribution in [2.75, 3.05) is 18.0 Å². The van der Waals surface area contributed by atoms with Gasteiger partial charge >= 0.3 is 5.97 Å². The van der Waals surface area contributed by atoms with Crippen LogP contribution in [0.2, 0.25) is 5.02 Å². The van der Waals surface area contributed by atoms with Crippen LogP contribution < -0.4 is 4.90 Å². The van der Waals surface area contributed by atoms with Gasteiger partial charge in [0.05, 0.1) is 17.0 Å². The normalized spacial score (nSPS) is 14.9. The first kappa shape index (κ1) is 14.0. The number of nitrogens with one attached hydrogen (secondary N) is 1. The van der Waals surface area contributed by atoms with Crippen molar-refractivity contribution >= 4 is 34.4 Å². The van der Waals surface area contributed by atoms with Crippen LogP contribution in [0.5, 0.6) is 0 Å². The molecular formula is C15H12ClN5O2. The van der Waals surface area contributed by atoms with Gasteiger partial charge in [0.2, 0.25) is 0 Å². The Kier molecular flexibility index (Phi) is 3.16. The van der Waals surface area contributed by atoms with Crippen molar-refractivity contribution in [2.45, 2.75) is 5.92 Å². The zero-order valence-electron chi connectivity index (χ0n) is 11.9. The standard InChI is InChI=1S/C15H12ClN5O2/c16-9-1-2-10-11(5-9)20-13(19-10)8-6-21(7-8)14-12(15(22)23)17-3-4-18-14/h1-5,8H,6-7H2,(H,19,20)(H,22,23). The number of anilines is 1. The second-order valence-electron chi connectivity index (χ2n) is 5.42. The van der Waals surface area contributed by atoms with Crippen LogP contribution in [-0.2, 0) is 0 Å². The van der Waals surface area contributed by atoms with Crippen molar-refractivity contribution in [3.63, 3.8) is 0 Å². The number of carboxylic acids is 1. The molecule has 0 atom stereocenters. The average Bonchev–Trinajstić information content (AvgIpc) is 2.88. The minimum Gasteiger partial charge on any atom is -0.476 e. The smallest absolute Gasteiger partial charge is 0.358 e. The first-order chi connectivity index (χ1) is 11.1. The summed E-state index contributed by atoms with van der Waals surface area (Å²) in [5, 5.41) is 9.83. The van der Waals surface area contributed by atoms with Crippen molar-refractivity contribution in [2.24, 2.45) is 0 Å². The lowest BCUT2D eigenvalue weighted by molar-refractivity contribution is 0.0690. The number of aromatic amines is 1. The maximum Gasteiger partial charge on any atom is 0.358 e. The minimum atomic E-state index is -1.07. The number of halogens is 1. The fraction of sp³-hybridized carbons (Fsp3) is 0.200. The van der Waals surface area contributed by atoms with E-state index in [0.717, 1.165) is 16.9 Å². The zero-order chi connectivity index (χ0) is 16.0. The fourth-order valence-electron chi connectivity index (χ4n) is 2.73. The number of nitrogens with zero attached hydrogens (tertiary/aromatic N) is 4. The minimum absolute atomic E-state index is 0.0256. The number of aromatic carboxylic acids is 1. The Morgan fingerprint density at radius 3 is 2.87 bits per heavy atom. The van der Waals surface area contributed by atoms with Gasteiger partial charge in [-0.05, 0) is 18.2 Å². The second-order valence-corrected chi connectivity index (χ2v) is 5.86. The maximum atomic E-state index is 11.2. The van der Waals surface area contributed by atoms with Crippen molar-refractivity contribution < 1.29 is 9.90 Å². The van der Waals surface area contributed by atoms with Crippen LogP contribution >= 0.6 is 11.6 Å². The number of fused-ring (bicyclic) bond motifs is 1. The molecule has 3 heterocycles. The number of hydrogen-bond acceptors (Lipinski definition) is 5. The van der Waals surface area contributed by atoms with Crippen molar-refractivity contribution in [3.05, 3.63) is 47.1 Å². The highest BCUT2D eigenvalue weighted by molar-refractivity contribution is 6.31. The molecular weight excluding hydrogens is 318 g/mol. The summed E-state index contributed by atoms with van der Waals surface area (Å²) in [5.74, 6) is 0.398. The van der Waals surface area contributed by atoms with E-state index in [2.05, 4.69) is 19.9 Å². The Morgan fingerprint density at radius 1 is 1.30 bits per heavy atom. The largest absolute Gasteiger partial charge is 0.476 e. The SMILES string of the molecule is O=C(O)c1nccnc1N1CC(c2nc3cc(Cl)ccc3[nH]2)C1. The molecule has 0 spiro atoms. The van der Waals surface area contributed by atoms with Crippen LogP contribution in [0.1, 0.15) is 22.2 Å². The molecule has 0 aliphatic carbocycles. The Morgan fingerprint density at radius 2 is 2.09 bits per heavy atom. The molecule has 0 radical (unpaired) electrons. The first-order valence-electron chi connectivity index (χ1n) is 7.06. The van der Waals surface area contributed by atoms with Gasteiger partial charge in [-0.1, -0.05) is 11.6 Å². The molecule has 23 heavy (non-hydrogen) atoms. The van der Waals surface area contributed by atoms with Crippen molar-refractivity contribution in [3.8, 4) is 0 Å². The van der Waals surface area contributed by atoms with Crippen molar-refractivity contribution in [1.82, 2.24) is 19.9 Å². The molecule has 1 aliphatic heterocycles. The van der Waals surface area contributed by atoms with E-state index in [-0.39, 0.29) is 11.6 Å². The van der Waals surface area contributed by atoms with Crippen LogP contribution in [0.15, 0.2) is 30.6 Å². The molecule has 0 bridgehead atoms. The fourth-order valence-corrected chi connectivity index (χ4v) is 2.90. The van der Waals surface area contributed by atoms with E-state index in [0.29, 0.717) is 23.9 Å². The van der Waals surface area contributed by atoms with Gasteiger partial charge in [0.15, 0.2) is 11.5 Å². The number of imidazole rings is 1. The molecule has 7 nitrogen and oxygen atoms in total. The van der Waals surface area contributed by atoms with E-state index >= 15 is 0 Å². The van der Waals surface area contributed by atoms with Gasteiger partial charge in [-0.3, -0.25) is 0 Å². The van der Waals surface area contributed by atoms with E-state index in [1.807, 2.05) is 23.1 Å². The monoisotopic (exact) mass is 329 g/mol. The molecule has 1 aromatic carbocycles. The predicted octanol–water partition coefficient (Wildman–Crippen LogP) is 2.31. The van der Waals surface area contributed by atoms with Gasteiger partial charge in [-0.25, -0.2) is 19.7 Å². The molecule has 3 aromatic rings. The van der Waals surface area contributed by atoms with E-state index in [1.165, 1.54) is 12.4 Å². The second kappa shape index (κ2) is 5.20. The van der Waals surface area contributed by atoms with E-state index < -0.39 is 5.97 Å². The molecule has 8 heteroatoms. The molecule has 1 saturated heterocycles. The number of carbonyl (C=O) groups is 1. The first-order valence-corrected chi connectivity index (χ1v) is 7.44. The molecule has 4 rings (SSSR count). The summed E-state index contributed by atoms with van der Waals surface area (Å²) in [5.41, 5.74) is 1.74. The van der Waals surface area contributed by atoms with E-state index in [4.69, 9.17) is 11.6 Å². The molecule has 2 N–H and O–H groups in total. The summed E-state index contributed by atoms with van der Waals surface area (Å²) in [7, 11) is 0. The third kappa shape index (κ3) is 2.39. The van der Waals surface area contributed by atoms with Crippen molar-refractivity contribution in [1.29, 1.82) is 0 Å². The Hall–Kier alpha value is -2.67. The molecule has 1 aliphatic rings. The molecule has 0 saturated carbocycles. The van der Waals surface area contributed by atoms with Gasteiger partial charge in [-0.15, -0.1) is 0 Å². The van der Waals surface area contributed by atoms with Gasteiger partial charge in [0.25, 0.3) is 0 Å². The van der Waals surface area contributed by atoms with E-state index in [1.54, 1.807) is 0 Å². The quantitative estimate of drug-likeness (QED) is 0.765. The van der Waals surface area contributed by atoms with Gasteiger partial charge in [0, 0.05) is 30.5 Å². The topological polar surface area (TPSA) is 95.0 Å². The zero-order valence-corrected chi connectivity index (χ0v) is 12.7. The lowest BCUT2D eigenvalue weighted by Gasteiger charge is -2.39. The summed E-state index contributed by atoms with van der Waals surface area (Å²) in [6.45, 7) is 1.29. The van der Waals surface area contributed by atoms with Crippen LogP contribution in [-0.4, -0.2) is 44.1 Å². The van der Waals surface area contributed by atoms with E-state index in [9.17, 15) is 9.90 Å². The lowest BCUT2D eigenvalue weighted by Crippen LogP contribution is -2.46. The lowest BCUT2D eigenvalue weighted by atomic mass is 9.99. The number of H-pyrrole nitrogens is 1. The predicted molar refractivity (Wildman–Crippen MR) is 85.0 cm³/mol. The summed E-state index contributed by atoms with van der Waals surface area (Å²) in [6.07, 6.45) is 2.88. The Bertz CT molecular complexity index is 904. The summed E-state index contributed by atoms with van der Waals surface area (Å²) in [6, 6.07) is 5.53. The number of aromatic nitrogens is 4. The van der Waals surface area contributed by atoms with Gasteiger partial charge in [0.1, 0.15) is 5.82 Å². The summed E-state index contributed by atoms with van der Waals surface area (Å²) >= 11 is 5.97. The third-order valence-electron chi connectivity index (χ3n) is 3.91. The molecule has 2 aromatic heterocycles. The van der Waals surface area contributed by atoms with Crippen LogP contribution in [0.3, 0.4) is 0 Å². The summed E-state index contributed by atoms with van der Waals surface area (Å²) in [4.78, 5) is 29.0. The average molecular weight is 330 g/mol. The highest BCUT2D eigenvalue weighted by Gasteiger charge is 2.34. The van der Waals surface area contributed by atoms with Gasteiger partial charge in [-0.2, -0.15) is 0 Å². The van der Waals surface area contributed by atoms with Gasteiger partial charge < -0.3 is 15.0 Å². The molecule has 1 fully saturated rings. The van der Waals surface area contributed by atoms with Crippen LogP contribution in [0, 0.1) is 0 Å². The number of carboxylic acid groups (broad SMARTS) is 1. The maximum absolute atomic E-state index is 11.2. The highest BCUT2D eigenvalue weighted by Crippen LogP contribution is 2.31.